The molecule has 1 heterocycles. The molecule has 0 aliphatic heterocycles. The van der Waals surface area contributed by atoms with Gasteiger partial charge in [-0.25, -0.2) is 13.2 Å². The molecule has 2 aromatic carbocycles. The molecule has 0 atom stereocenters. The fraction of sp³-hybridized carbons (Fsp3) is 0.308. The largest absolute Gasteiger partial charge is 0.465 e. The van der Waals surface area contributed by atoms with Gasteiger partial charge in [0.25, 0.3) is 5.91 Å². The van der Waals surface area contributed by atoms with E-state index < -0.39 is 21.7 Å². The van der Waals surface area contributed by atoms with Gasteiger partial charge in [0.2, 0.25) is 0 Å². The van der Waals surface area contributed by atoms with Gasteiger partial charge in [0.1, 0.15) is 6.10 Å². The summed E-state index contributed by atoms with van der Waals surface area (Å²) < 4.78 is 30.2. The van der Waals surface area contributed by atoms with Crippen LogP contribution < -0.4 is 5.32 Å². The molecule has 1 aliphatic carbocycles. The molecule has 200 valence electrons. The highest BCUT2D eigenvalue weighted by Crippen LogP contribution is 2.25. The zero-order valence-corrected chi connectivity index (χ0v) is 22.5. The zero-order chi connectivity index (χ0) is 27.3. The van der Waals surface area contributed by atoms with Crippen molar-refractivity contribution >= 4 is 44.8 Å². The van der Waals surface area contributed by atoms with Crippen LogP contribution in [-0.2, 0) is 30.8 Å². The molecule has 10 nitrogen and oxygen atoms in total. The van der Waals surface area contributed by atoms with Crippen LogP contribution in [0.1, 0.15) is 47.2 Å². The van der Waals surface area contributed by atoms with Crippen molar-refractivity contribution < 1.29 is 27.6 Å². The first-order valence-electron chi connectivity index (χ1n) is 11.9. The van der Waals surface area contributed by atoms with Crippen LogP contribution in [0.25, 0.3) is 0 Å². The van der Waals surface area contributed by atoms with Gasteiger partial charge in [-0.2, -0.15) is 5.10 Å². The molecule has 12 heteroatoms. The number of benzene rings is 2. The van der Waals surface area contributed by atoms with E-state index in [-0.39, 0.29) is 27.6 Å². The summed E-state index contributed by atoms with van der Waals surface area (Å²) in [4.78, 5) is 30.4. The number of amides is 1. The molecule has 3 aromatic rings. The number of hydrogen-bond acceptors (Lipinski definition) is 8. The predicted octanol–water partition coefficient (Wildman–Crippen LogP) is 4.08. The quantitative estimate of drug-likeness (QED) is 0.238. The minimum absolute atomic E-state index is 0.0196. The molecule has 1 amide bonds. The van der Waals surface area contributed by atoms with E-state index in [9.17, 15) is 18.0 Å². The number of aromatic nitrogens is 2. The number of carbonyl (C=O) groups is 2. The summed E-state index contributed by atoms with van der Waals surface area (Å²) in [6.07, 6.45) is 6.41. The SMILES string of the molecule is COC(=O)c1ccc(Cn2ccc(NC(=O)C(=NOC3CCCC3)c3ccc(S(C)(=O)=O)c(Cl)c3)n2)cc1. The highest BCUT2D eigenvalue weighted by atomic mass is 35.5. The average Bonchev–Trinajstić information content (AvgIpc) is 3.55. The lowest BCUT2D eigenvalue weighted by atomic mass is 10.1. The van der Waals surface area contributed by atoms with E-state index >= 15 is 0 Å². The van der Waals surface area contributed by atoms with Crippen LogP contribution in [0.3, 0.4) is 0 Å². The predicted molar refractivity (Wildman–Crippen MR) is 142 cm³/mol. The molecule has 38 heavy (non-hydrogen) atoms. The minimum atomic E-state index is -3.54. The molecule has 1 N–H and O–H groups in total. The summed E-state index contributed by atoms with van der Waals surface area (Å²) in [6, 6.07) is 12.7. The summed E-state index contributed by atoms with van der Waals surface area (Å²) in [5.41, 5.74) is 1.60. The molecule has 0 saturated heterocycles. The zero-order valence-electron chi connectivity index (χ0n) is 20.9. The Morgan fingerprint density at radius 3 is 2.42 bits per heavy atom. The van der Waals surface area contributed by atoms with E-state index in [0.717, 1.165) is 37.5 Å². The van der Waals surface area contributed by atoms with E-state index in [1.807, 2.05) is 0 Å². The number of nitrogens with one attached hydrogen (secondary N) is 1. The van der Waals surface area contributed by atoms with Crippen molar-refractivity contribution in [3.05, 3.63) is 76.4 Å². The van der Waals surface area contributed by atoms with Crippen molar-refractivity contribution in [3.8, 4) is 0 Å². The Hall–Kier alpha value is -3.70. The number of oxime groups is 1. The monoisotopic (exact) mass is 558 g/mol. The van der Waals surface area contributed by atoms with Crippen molar-refractivity contribution in [3.63, 3.8) is 0 Å². The Kier molecular flexibility index (Phi) is 8.48. The summed E-state index contributed by atoms with van der Waals surface area (Å²) in [5, 5.41) is 11.2. The number of rotatable bonds is 9. The molecule has 0 radical (unpaired) electrons. The summed E-state index contributed by atoms with van der Waals surface area (Å²) in [7, 11) is -2.22. The first-order chi connectivity index (χ1) is 18.1. The molecule has 1 aliphatic rings. The second-order valence-electron chi connectivity index (χ2n) is 8.91. The molecule has 0 spiro atoms. The Labute approximate surface area is 225 Å². The van der Waals surface area contributed by atoms with Gasteiger partial charge in [-0.1, -0.05) is 35.0 Å². The Morgan fingerprint density at radius 2 is 1.79 bits per heavy atom. The number of sulfone groups is 1. The number of esters is 1. The molecule has 1 aromatic heterocycles. The lowest BCUT2D eigenvalue weighted by Gasteiger charge is -2.11. The lowest BCUT2D eigenvalue weighted by molar-refractivity contribution is -0.110. The normalized spacial score (nSPS) is 14.3. The third-order valence-corrected chi connectivity index (χ3v) is 7.60. The minimum Gasteiger partial charge on any atom is -0.465 e. The maximum Gasteiger partial charge on any atom is 0.337 e. The van der Waals surface area contributed by atoms with Gasteiger partial charge in [-0.05, 0) is 55.5 Å². The van der Waals surface area contributed by atoms with E-state index in [2.05, 4.69) is 15.6 Å². The number of ether oxygens (including phenoxy) is 1. The summed E-state index contributed by atoms with van der Waals surface area (Å²) >= 11 is 6.22. The first kappa shape index (κ1) is 27.3. The highest BCUT2D eigenvalue weighted by molar-refractivity contribution is 7.90. The second kappa shape index (κ2) is 11.8. The van der Waals surface area contributed by atoms with Crippen molar-refractivity contribution in [2.24, 2.45) is 5.16 Å². The van der Waals surface area contributed by atoms with Gasteiger partial charge < -0.3 is 14.9 Å². The number of anilines is 1. The van der Waals surface area contributed by atoms with Gasteiger partial charge in [-0.15, -0.1) is 0 Å². The van der Waals surface area contributed by atoms with Crippen LogP contribution >= 0.6 is 11.6 Å². The van der Waals surface area contributed by atoms with Crippen LogP contribution in [0.4, 0.5) is 5.82 Å². The fourth-order valence-corrected chi connectivity index (χ4v) is 5.37. The standard InChI is InChI=1S/C26H27ClN4O6S/c1-36-26(33)18-9-7-17(8-10-18)16-31-14-13-23(29-31)28-25(32)24(30-37-20-5-3-4-6-20)19-11-12-22(21(27)15-19)38(2,34)35/h7-15,20H,3-6,16H2,1-2H3,(H,28,29,32). The van der Waals surface area contributed by atoms with Gasteiger partial charge in [0.15, 0.2) is 21.4 Å². The van der Waals surface area contributed by atoms with Crippen LogP contribution in [0.5, 0.6) is 0 Å². The van der Waals surface area contributed by atoms with Crippen molar-refractivity contribution in [2.45, 2.75) is 43.2 Å². The molecule has 1 fully saturated rings. The van der Waals surface area contributed by atoms with E-state index in [1.54, 1.807) is 41.2 Å². The Bertz CT molecular complexity index is 1460. The molecule has 1 saturated carbocycles. The molecular weight excluding hydrogens is 532 g/mol. The molecular formula is C26H27ClN4O6S. The van der Waals surface area contributed by atoms with Gasteiger partial charge in [-0.3, -0.25) is 9.48 Å². The maximum atomic E-state index is 13.2. The fourth-order valence-electron chi connectivity index (χ4n) is 4.04. The molecule has 0 bridgehead atoms. The van der Waals surface area contributed by atoms with Gasteiger partial charge in [0.05, 0.1) is 29.1 Å². The van der Waals surface area contributed by atoms with E-state index in [4.69, 9.17) is 21.2 Å². The lowest BCUT2D eigenvalue weighted by Crippen LogP contribution is -2.25. The van der Waals surface area contributed by atoms with Crippen molar-refractivity contribution in [1.82, 2.24) is 9.78 Å². The van der Waals surface area contributed by atoms with Crippen LogP contribution in [-0.4, -0.2) is 55.3 Å². The van der Waals surface area contributed by atoms with Crippen molar-refractivity contribution in [2.75, 3.05) is 18.7 Å². The number of methoxy groups -OCH3 is 1. The van der Waals surface area contributed by atoms with Gasteiger partial charge in [0, 0.05) is 24.1 Å². The van der Waals surface area contributed by atoms with E-state index in [0.29, 0.717) is 17.7 Å². The maximum absolute atomic E-state index is 13.2. The molecule has 4 rings (SSSR count). The number of halogens is 1. The number of carbonyl (C=O) groups excluding carboxylic acids is 2. The number of nitrogens with zero attached hydrogens (tertiary/aromatic N) is 3. The Morgan fingerprint density at radius 1 is 1.11 bits per heavy atom. The first-order valence-corrected chi connectivity index (χ1v) is 14.2. The highest BCUT2D eigenvalue weighted by Gasteiger charge is 2.22. The molecule has 0 unspecified atom stereocenters. The van der Waals surface area contributed by atoms with Gasteiger partial charge >= 0.3 is 5.97 Å². The summed E-state index contributed by atoms with van der Waals surface area (Å²) in [5.74, 6) is -0.713. The Balaban J connectivity index is 1.51. The van der Waals surface area contributed by atoms with Crippen LogP contribution in [0.15, 0.2) is 64.8 Å². The smallest absolute Gasteiger partial charge is 0.337 e. The van der Waals surface area contributed by atoms with Crippen LogP contribution in [0.2, 0.25) is 5.02 Å². The topological polar surface area (TPSA) is 129 Å². The summed E-state index contributed by atoms with van der Waals surface area (Å²) in [6.45, 7) is 0.408. The second-order valence-corrected chi connectivity index (χ2v) is 11.3. The van der Waals surface area contributed by atoms with E-state index in [1.165, 1.54) is 25.3 Å². The average molecular weight is 559 g/mol. The number of hydrogen-bond donors (Lipinski definition) is 1. The third-order valence-electron chi connectivity index (χ3n) is 6.02. The third kappa shape index (κ3) is 6.78. The van der Waals surface area contributed by atoms with Crippen LogP contribution in [0, 0.1) is 0 Å². The van der Waals surface area contributed by atoms with Crippen molar-refractivity contribution in [1.29, 1.82) is 0 Å².